The molecule has 2 heterocycles. The van der Waals surface area contributed by atoms with Crippen molar-refractivity contribution in [2.75, 3.05) is 13.1 Å². The third-order valence-electron chi connectivity index (χ3n) is 5.06. The summed E-state index contributed by atoms with van der Waals surface area (Å²) in [6.45, 7) is 2.86. The van der Waals surface area contributed by atoms with Crippen LogP contribution < -0.4 is 5.32 Å². The molecule has 1 N–H and O–H groups in total. The molecule has 3 aromatic rings. The number of hydrogen-bond acceptors (Lipinski definition) is 3. The maximum atomic E-state index is 13.2. The van der Waals surface area contributed by atoms with E-state index in [0.29, 0.717) is 26.1 Å². The average molecular weight is 389 g/mol. The zero-order chi connectivity index (χ0) is 18.1. The Morgan fingerprint density at radius 3 is 2.54 bits per heavy atom. The molecule has 0 saturated carbocycles. The first-order valence-electron chi connectivity index (χ1n) is 8.85. The van der Waals surface area contributed by atoms with Gasteiger partial charge in [0, 0.05) is 28.7 Å². The summed E-state index contributed by atoms with van der Waals surface area (Å²) in [6, 6.07) is 14.1. The number of hydrogen-bond donors (Lipinski definition) is 1. The minimum atomic E-state index is -3.59. The van der Waals surface area contributed by atoms with Gasteiger partial charge in [-0.15, -0.1) is 0 Å². The Morgan fingerprint density at radius 1 is 1.08 bits per heavy atom. The van der Waals surface area contributed by atoms with Gasteiger partial charge in [-0.3, -0.25) is 0 Å². The molecule has 1 saturated heterocycles. The van der Waals surface area contributed by atoms with Gasteiger partial charge in [0.2, 0.25) is 9.84 Å². The van der Waals surface area contributed by atoms with E-state index in [9.17, 15) is 8.42 Å². The van der Waals surface area contributed by atoms with Crippen LogP contribution in [0.2, 0.25) is 5.02 Å². The SMILES string of the molecule is O=S(=O)(c1ccccc1)c1cn(CC2CCNCC2)c2ccc(Cl)cc12. The smallest absolute Gasteiger partial charge is 0.208 e. The van der Waals surface area contributed by atoms with Crippen molar-refractivity contribution in [1.29, 1.82) is 0 Å². The number of rotatable bonds is 4. The first kappa shape index (κ1) is 17.6. The van der Waals surface area contributed by atoms with Gasteiger partial charge in [-0.25, -0.2) is 8.42 Å². The third kappa shape index (κ3) is 3.27. The van der Waals surface area contributed by atoms with Gasteiger partial charge >= 0.3 is 0 Å². The van der Waals surface area contributed by atoms with Crippen LogP contribution >= 0.6 is 11.6 Å². The molecule has 2 aromatic carbocycles. The van der Waals surface area contributed by atoms with Gasteiger partial charge in [0.25, 0.3) is 0 Å². The summed E-state index contributed by atoms with van der Waals surface area (Å²) in [5.74, 6) is 0.551. The van der Waals surface area contributed by atoms with E-state index in [4.69, 9.17) is 11.6 Å². The fraction of sp³-hybridized carbons (Fsp3) is 0.300. The summed E-state index contributed by atoms with van der Waals surface area (Å²) in [5, 5.41) is 4.61. The summed E-state index contributed by atoms with van der Waals surface area (Å²) in [7, 11) is -3.59. The lowest BCUT2D eigenvalue weighted by molar-refractivity contribution is 0.336. The monoisotopic (exact) mass is 388 g/mol. The Labute approximate surface area is 158 Å². The zero-order valence-corrected chi connectivity index (χ0v) is 15.9. The second-order valence-electron chi connectivity index (χ2n) is 6.82. The van der Waals surface area contributed by atoms with Gasteiger partial charge in [0.1, 0.15) is 0 Å². The van der Waals surface area contributed by atoms with Crippen LogP contribution in [0.3, 0.4) is 0 Å². The maximum absolute atomic E-state index is 13.2. The quantitative estimate of drug-likeness (QED) is 0.731. The number of nitrogens with one attached hydrogen (secondary N) is 1. The fourth-order valence-corrected chi connectivity index (χ4v) is 5.33. The van der Waals surface area contributed by atoms with Crippen LogP contribution in [0.15, 0.2) is 64.5 Å². The summed E-state index contributed by atoms with van der Waals surface area (Å²) in [6.07, 6.45) is 3.99. The normalized spacial score (nSPS) is 16.2. The predicted octanol–water partition coefficient (Wildman–Crippen LogP) is 4.13. The Bertz CT molecular complexity index is 1020. The number of sulfone groups is 1. The first-order chi connectivity index (χ1) is 12.6. The lowest BCUT2D eigenvalue weighted by Crippen LogP contribution is -2.29. The predicted molar refractivity (Wildman–Crippen MR) is 104 cm³/mol. The molecule has 0 amide bonds. The molecular formula is C20H21ClN2O2S. The van der Waals surface area contributed by atoms with Crippen molar-refractivity contribution in [2.45, 2.75) is 29.2 Å². The van der Waals surface area contributed by atoms with E-state index in [1.54, 1.807) is 36.5 Å². The maximum Gasteiger partial charge on any atom is 0.208 e. The molecule has 0 bridgehead atoms. The van der Waals surface area contributed by atoms with E-state index < -0.39 is 9.84 Å². The molecular weight excluding hydrogens is 368 g/mol. The number of aromatic nitrogens is 1. The van der Waals surface area contributed by atoms with Crippen molar-refractivity contribution in [2.24, 2.45) is 5.92 Å². The van der Waals surface area contributed by atoms with Crippen LogP contribution in [0.4, 0.5) is 0 Å². The van der Waals surface area contributed by atoms with E-state index in [0.717, 1.165) is 38.0 Å². The Hall–Kier alpha value is -1.82. The fourth-order valence-electron chi connectivity index (χ4n) is 3.67. The first-order valence-corrected chi connectivity index (χ1v) is 10.7. The molecule has 1 aliphatic rings. The number of piperidine rings is 1. The van der Waals surface area contributed by atoms with E-state index in [1.165, 1.54) is 0 Å². The molecule has 1 aromatic heterocycles. The molecule has 0 unspecified atom stereocenters. The van der Waals surface area contributed by atoms with Crippen molar-refractivity contribution < 1.29 is 8.42 Å². The molecule has 0 aliphatic carbocycles. The Balaban J connectivity index is 1.83. The highest BCUT2D eigenvalue weighted by Crippen LogP contribution is 2.33. The van der Waals surface area contributed by atoms with Crippen molar-refractivity contribution in [3.05, 3.63) is 59.8 Å². The van der Waals surface area contributed by atoms with Gasteiger partial charge < -0.3 is 9.88 Å². The van der Waals surface area contributed by atoms with E-state index in [-0.39, 0.29) is 0 Å². The van der Waals surface area contributed by atoms with Crippen LogP contribution in [0.25, 0.3) is 10.9 Å². The second kappa shape index (κ2) is 7.06. The molecule has 0 atom stereocenters. The molecule has 1 fully saturated rings. The average Bonchev–Trinajstić information content (AvgIpc) is 3.01. The summed E-state index contributed by atoms with van der Waals surface area (Å²) >= 11 is 6.18. The number of halogens is 1. The standard InChI is InChI=1S/C20H21ClN2O2S/c21-16-6-7-19-18(12-16)20(26(24,25)17-4-2-1-3-5-17)14-23(19)13-15-8-10-22-11-9-15/h1-7,12,14-15,22H,8-11,13H2. The van der Waals surface area contributed by atoms with Gasteiger partial charge in [-0.2, -0.15) is 0 Å². The van der Waals surface area contributed by atoms with Crippen LogP contribution in [-0.2, 0) is 16.4 Å². The largest absolute Gasteiger partial charge is 0.346 e. The zero-order valence-electron chi connectivity index (χ0n) is 14.4. The van der Waals surface area contributed by atoms with E-state index >= 15 is 0 Å². The number of benzene rings is 2. The number of nitrogens with zero attached hydrogens (tertiary/aromatic N) is 1. The van der Waals surface area contributed by atoms with Crippen LogP contribution in [0.1, 0.15) is 12.8 Å². The molecule has 136 valence electrons. The van der Waals surface area contributed by atoms with Crippen LogP contribution in [0.5, 0.6) is 0 Å². The minimum absolute atomic E-state index is 0.306. The molecule has 1 aliphatic heterocycles. The van der Waals surface area contributed by atoms with Gasteiger partial charge in [0.05, 0.1) is 9.79 Å². The molecule has 4 rings (SSSR count). The highest BCUT2D eigenvalue weighted by molar-refractivity contribution is 7.91. The highest BCUT2D eigenvalue weighted by Gasteiger charge is 2.24. The molecule has 4 nitrogen and oxygen atoms in total. The molecule has 6 heteroatoms. The molecule has 26 heavy (non-hydrogen) atoms. The Kier molecular flexibility index (Phi) is 4.78. The summed E-state index contributed by atoms with van der Waals surface area (Å²) in [4.78, 5) is 0.635. The summed E-state index contributed by atoms with van der Waals surface area (Å²) in [5.41, 5.74) is 0.919. The molecule has 0 spiro atoms. The van der Waals surface area contributed by atoms with E-state index in [2.05, 4.69) is 9.88 Å². The van der Waals surface area contributed by atoms with Gasteiger partial charge in [-0.1, -0.05) is 29.8 Å². The minimum Gasteiger partial charge on any atom is -0.346 e. The van der Waals surface area contributed by atoms with Crippen LogP contribution in [-0.4, -0.2) is 26.1 Å². The lowest BCUT2D eigenvalue weighted by atomic mass is 9.98. The highest BCUT2D eigenvalue weighted by atomic mass is 35.5. The van der Waals surface area contributed by atoms with Crippen molar-refractivity contribution in [3.63, 3.8) is 0 Å². The lowest BCUT2D eigenvalue weighted by Gasteiger charge is -2.23. The van der Waals surface area contributed by atoms with Crippen molar-refractivity contribution >= 4 is 32.3 Å². The Morgan fingerprint density at radius 2 is 1.81 bits per heavy atom. The van der Waals surface area contributed by atoms with Gasteiger partial charge in [0.15, 0.2) is 0 Å². The van der Waals surface area contributed by atoms with Crippen molar-refractivity contribution in [3.8, 4) is 0 Å². The third-order valence-corrected chi connectivity index (χ3v) is 7.10. The molecule has 0 radical (unpaired) electrons. The summed E-state index contributed by atoms with van der Waals surface area (Å²) < 4.78 is 28.5. The van der Waals surface area contributed by atoms with Crippen molar-refractivity contribution in [1.82, 2.24) is 9.88 Å². The topological polar surface area (TPSA) is 51.1 Å². The number of fused-ring (bicyclic) bond motifs is 1. The van der Waals surface area contributed by atoms with Crippen LogP contribution in [0, 0.1) is 5.92 Å². The van der Waals surface area contributed by atoms with Gasteiger partial charge in [-0.05, 0) is 62.2 Å². The van der Waals surface area contributed by atoms with E-state index in [1.807, 2.05) is 18.2 Å². The second-order valence-corrected chi connectivity index (χ2v) is 9.17.